The minimum absolute atomic E-state index is 0.0861. The summed E-state index contributed by atoms with van der Waals surface area (Å²) in [5.74, 6) is 0.969. The lowest BCUT2D eigenvalue weighted by Crippen LogP contribution is -2.43. The summed E-state index contributed by atoms with van der Waals surface area (Å²) in [5, 5.41) is 23.4. The summed E-state index contributed by atoms with van der Waals surface area (Å²) in [6.07, 6.45) is 2.78. The van der Waals surface area contributed by atoms with Crippen molar-refractivity contribution >= 4 is 33.4 Å². The second-order valence-electron chi connectivity index (χ2n) is 12.3. The molecule has 0 radical (unpaired) electrons. The average Bonchev–Trinajstić information content (AvgIpc) is 3.34. The van der Waals surface area contributed by atoms with Gasteiger partial charge in [0.2, 0.25) is 5.91 Å². The lowest BCUT2D eigenvalue weighted by Gasteiger charge is -2.27. The van der Waals surface area contributed by atoms with Crippen molar-refractivity contribution in [2.45, 2.75) is 59.7 Å². The number of nitrogens with one attached hydrogen (secondary N) is 2. The van der Waals surface area contributed by atoms with E-state index in [0.717, 1.165) is 50.8 Å². The van der Waals surface area contributed by atoms with Gasteiger partial charge in [0.25, 0.3) is 5.56 Å². The van der Waals surface area contributed by atoms with E-state index in [4.69, 9.17) is 4.98 Å². The molecule has 0 saturated carbocycles. The molecule has 5 rings (SSSR count). The molecule has 0 fully saturated rings. The number of amides is 1. The van der Waals surface area contributed by atoms with E-state index in [1.165, 1.54) is 11.6 Å². The Labute approximate surface area is 251 Å². The zero-order valence-electron chi connectivity index (χ0n) is 25.7. The molecule has 224 valence electrons. The van der Waals surface area contributed by atoms with Gasteiger partial charge in [-0.25, -0.2) is 9.67 Å². The Hall–Kier alpha value is -4.50. The third-order valence-corrected chi connectivity index (χ3v) is 7.54. The Balaban J connectivity index is 1.71. The van der Waals surface area contributed by atoms with E-state index in [1.54, 1.807) is 7.05 Å². The van der Waals surface area contributed by atoms with E-state index in [2.05, 4.69) is 40.2 Å². The first-order valence-corrected chi connectivity index (χ1v) is 14.7. The maximum Gasteiger partial charge on any atom is 0.276 e. The van der Waals surface area contributed by atoms with Gasteiger partial charge in [-0.2, -0.15) is 5.10 Å². The molecule has 0 bridgehead atoms. The van der Waals surface area contributed by atoms with Crippen LogP contribution in [-0.4, -0.2) is 42.4 Å². The van der Waals surface area contributed by atoms with Crippen LogP contribution < -0.4 is 16.2 Å². The third kappa shape index (κ3) is 6.46. The molecule has 9 heteroatoms. The Morgan fingerprint density at radius 2 is 1.84 bits per heavy atom. The topological polar surface area (TPSA) is 114 Å². The Morgan fingerprint density at radius 3 is 2.56 bits per heavy atom. The highest BCUT2D eigenvalue weighted by Gasteiger charge is 2.23. The molecule has 9 nitrogen and oxygen atoms in total. The summed E-state index contributed by atoms with van der Waals surface area (Å²) < 4.78 is 3.56. The van der Waals surface area contributed by atoms with Crippen LogP contribution >= 0.6 is 0 Å². The van der Waals surface area contributed by atoms with E-state index in [1.807, 2.05) is 68.6 Å². The highest BCUT2D eigenvalue weighted by atomic mass is 16.3. The number of anilines is 1. The molecule has 43 heavy (non-hydrogen) atoms. The Morgan fingerprint density at radius 1 is 1.07 bits per heavy atom. The molecule has 0 aliphatic carbocycles. The summed E-state index contributed by atoms with van der Waals surface area (Å²) in [7, 11) is 1.70. The highest BCUT2D eigenvalue weighted by Crippen LogP contribution is 2.33. The predicted octanol–water partition coefficient (Wildman–Crippen LogP) is 5.02. The van der Waals surface area contributed by atoms with Crippen molar-refractivity contribution in [2.75, 3.05) is 11.9 Å². The van der Waals surface area contributed by atoms with Gasteiger partial charge in [-0.05, 0) is 61.1 Å². The summed E-state index contributed by atoms with van der Waals surface area (Å²) in [6.45, 7) is 10.7. The van der Waals surface area contributed by atoms with Crippen molar-refractivity contribution in [3.8, 4) is 11.3 Å². The molecule has 5 aromatic rings. The van der Waals surface area contributed by atoms with Crippen molar-refractivity contribution < 1.29 is 9.90 Å². The largest absolute Gasteiger partial charge is 0.392 e. The number of rotatable bonds is 10. The van der Waals surface area contributed by atoms with Gasteiger partial charge in [0, 0.05) is 44.0 Å². The van der Waals surface area contributed by atoms with Gasteiger partial charge in [0.1, 0.15) is 5.82 Å². The van der Waals surface area contributed by atoms with Crippen molar-refractivity contribution in [2.24, 2.45) is 13.0 Å². The zero-order valence-corrected chi connectivity index (χ0v) is 25.7. The smallest absolute Gasteiger partial charge is 0.276 e. The monoisotopic (exact) mass is 580 g/mol. The number of fused-ring (bicyclic) bond motifs is 2. The molecular formula is C34H40N6O3. The second kappa shape index (κ2) is 12.0. The van der Waals surface area contributed by atoms with Crippen molar-refractivity contribution in [1.29, 1.82) is 0 Å². The van der Waals surface area contributed by atoms with E-state index < -0.39 is 5.54 Å². The van der Waals surface area contributed by atoms with Crippen LogP contribution in [-0.2, 0) is 31.4 Å². The number of aromatic nitrogens is 4. The predicted molar refractivity (Wildman–Crippen MR) is 172 cm³/mol. The molecule has 0 aliphatic heterocycles. The second-order valence-corrected chi connectivity index (χ2v) is 12.3. The molecule has 0 saturated heterocycles. The Kier molecular flexibility index (Phi) is 8.37. The van der Waals surface area contributed by atoms with Crippen molar-refractivity contribution in [1.82, 2.24) is 24.6 Å². The number of carbonyl (C=O) groups is 1. The van der Waals surface area contributed by atoms with E-state index in [9.17, 15) is 14.7 Å². The molecule has 0 spiro atoms. The van der Waals surface area contributed by atoms with E-state index >= 15 is 0 Å². The van der Waals surface area contributed by atoms with Gasteiger partial charge in [-0.15, -0.1) is 0 Å². The van der Waals surface area contributed by atoms with Crippen LogP contribution in [0.25, 0.3) is 32.9 Å². The maximum absolute atomic E-state index is 13.7. The minimum atomic E-state index is -0.444. The summed E-state index contributed by atoms with van der Waals surface area (Å²) in [6, 6.07) is 17.8. The molecule has 0 atom stereocenters. The van der Waals surface area contributed by atoms with Gasteiger partial charge in [-0.3, -0.25) is 9.59 Å². The number of aliphatic hydroxyl groups excluding tert-OH is 1. The van der Waals surface area contributed by atoms with Crippen LogP contribution in [0.15, 0.2) is 65.6 Å². The van der Waals surface area contributed by atoms with Gasteiger partial charge < -0.3 is 20.3 Å². The number of pyridine rings is 1. The summed E-state index contributed by atoms with van der Waals surface area (Å²) in [4.78, 5) is 30.2. The lowest BCUT2D eigenvalue weighted by molar-refractivity contribution is -0.119. The number of para-hydroxylation sites is 1. The van der Waals surface area contributed by atoms with Crippen LogP contribution in [0.2, 0.25) is 0 Å². The fraction of sp³-hybridized carbons (Fsp3) is 0.353. The van der Waals surface area contributed by atoms with E-state index in [-0.39, 0.29) is 18.1 Å². The number of aliphatic hydroxyl groups is 1. The fourth-order valence-electron chi connectivity index (χ4n) is 5.59. The van der Waals surface area contributed by atoms with Crippen LogP contribution in [0.3, 0.4) is 0 Å². The normalized spacial score (nSPS) is 11.9. The number of aryl methyl sites for hydroxylation is 1. The molecule has 3 heterocycles. The lowest BCUT2D eigenvalue weighted by atomic mass is 10.0. The molecule has 1 amide bonds. The van der Waals surface area contributed by atoms with E-state index in [0.29, 0.717) is 30.2 Å². The minimum Gasteiger partial charge on any atom is -0.392 e. The number of carbonyl (C=O) groups excluding carboxylic acids is 1. The molecule has 3 N–H and O–H groups in total. The van der Waals surface area contributed by atoms with Gasteiger partial charge in [-0.1, -0.05) is 50.2 Å². The maximum atomic E-state index is 13.7. The number of hydrogen-bond donors (Lipinski definition) is 3. The molecular weight excluding hydrogens is 540 g/mol. The quantitative estimate of drug-likeness (QED) is 0.214. The highest BCUT2D eigenvalue weighted by molar-refractivity contribution is 5.97. The first-order chi connectivity index (χ1) is 20.5. The van der Waals surface area contributed by atoms with Crippen molar-refractivity contribution in [3.05, 3.63) is 88.0 Å². The van der Waals surface area contributed by atoms with Gasteiger partial charge in [0.05, 0.1) is 34.4 Å². The Bertz CT molecular complexity index is 1870. The standard InChI is InChI=1S/C34H40N6O3/c1-21(2)14-29-27-18-40(32(31(27)33(43)39(6)38-29)24-11-9-10-23(15-24)19-41)17-25-16-30(36-28-13-8-7-12-26(25)28)37-34(4,5)20-35-22(3)42/h7-13,15-16,18,21,41H,14,17,19-20H2,1-6H3,(H,35,42)(H,36,37). The average molecular weight is 581 g/mol. The zero-order chi connectivity index (χ0) is 30.9. The number of hydrogen-bond acceptors (Lipinski definition) is 6. The van der Waals surface area contributed by atoms with Crippen LogP contribution in [0.5, 0.6) is 0 Å². The van der Waals surface area contributed by atoms with Gasteiger partial charge >= 0.3 is 0 Å². The number of nitrogens with zero attached hydrogens (tertiary/aromatic N) is 4. The number of benzene rings is 2. The molecule has 0 aliphatic rings. The summed E-state index contributed by atoms with van der Waals surface area (Å²) in [5.41, 5.74) is 4.57. The SMILES string of the molecule is CC(=O)NCC(C)(C)Nc1cc(Cn2cc3c(CC(C)C)nn(C)c(=O)c3c2-c2cccc(CO)c2)c2ccccc2n1. The fourth-order valence-corrected chi connectivity index (χ4v) is 5.59. The molecule has 3 aromatic heterocycles. The van der Waals surface area contributed by atoms with Crippen molar-refractivity contribution in [3.63, 3.8) is 0 Å². The first kappa shape index (κ1) is 30.0. The van der Waals surface area contributed by atoms with Gasteiger partial charge in [0.15, 0.2) is 0 Å². The molecule has 0 unspecified atom stereocenters. The van der Waals surface area contributed by atoms with Crippen LogP contribution in [0.4, 0.5) is 5.82 Å². The van der Waals surface area contributed by atoms with Crippen LogP contribution in [0, 0.1) is 5.92 Å². The summed E-state index contributed by atoms with van der Waals surface area (Å²) >= 11 is 0. The van der Waals surface area contributed by atoms with Crippen LogP contribution in [0.1, 0.15) is 51.4 Å². The third-order valence-electron chi connectivity index (χ3n) is 7.54. The first-order valence-electron chi connectivity index (χ1n) is 14.7. The molecule has 2 aromatic carbocycles.